The maximum atomic E-state index is 13.9. The van der Waals surface area contributed by atoms with E-state index in [9.17, 15) is 4.79 Å². The Balaban J connectivity index is 1.82. The normalized spacial score (nSPS) is 11.5. The number of carbonyl (C=O) groups excluding carboxylic acids is 1. The molecule has 4 rings (SSSR count). The fourth-order valence-corrected chi connectivity index (χ4v) is 4.81. The quantitative estimate of drug-likeness (QED) is 0.328. The van der Waals surface area contributed by atoms with Gasteiger partial charge in [0.1, 0.15) is 17.0 Å². The van der Waals surface area contributed by atoms with Gasteiger partial charge in [0.05, 0.1) is 15.2 Å². The molecule has 0 saturated carbocycles. The number of amides is 1. The third kappa shape index (κ3) is 4.26. The molecule has 0 radical (unpaired) electrons. The number of aryl methyl sites for hydroxylation is 2. The van der Waals surface area contributed by atoms with Crippen LogP contribution >= 0.6 is 34.5 Å². The van der Waals surface area contributed by atoms with Crippen LogP contribution in [0.1, 0.15) is 21.7 Å². The number of nitrogens with zero attached hydrogens (tertiary/aromatic N) is 4. The summed E-state index contributed by atoms with van der Waals surface area (Å²) in [6, 6.07) is 11.1. The molecule has 6 nitrogen and oxygen atoms in total. The fourth-order valence-electron chi connectivity index (χ4n) is 3.38. The van der Waals surface area contributed by atoms with Gasteiger partial charge in [-0.25, -0.2) is 4.98 Å². The van der Waals surface area contributed by atoms with E-state index in [1.54, 1.807) is 17.9 Å². The zero-order valence-corrected chi connectivity index (χ0v) is 20.5. The minimum absolute atomic E-state index is 0.233. The van der Waals surface area contributed by atoms with Gasteiger partial charge in [0.2, 0.25) is 0 Å². The molecule has 32 heavy (non-hydrogen) atoms. The standard InChI is InChI=1S/C23H22Cl2N4O2S/c1-13-16(24)9-10-18-20(13)26-23(32-18)29(12-11-28(3)4)22(30)19-14(2)31-27-21(19)15-7-5-6-8-17(15)25/h5-10H,11-12H2,1-4H3. The van der Waals surface area contributed by atoms with E-state index in [4.69, 9.17) is 32.7 Å². The number of benzene rings is 2. The average molecular weight is 489 g/mol. The molecule has 0 aliphatic rings. The summed E-state index contributed by atoms with van der Waals surface area (Å²) in [5.74, 6) is 0.198. The smallest absolute Gasteiger partial charge is 0.266 e. The van der Waals surface area contributed by atoms with Crippen LogP contribution in [-0.2, 0) is 0 Å². The van der Waals surface area contributed by atoms with E-state index in [0.717, 1.165) is 15.8 Å². The number of thiazole rings is 1. The first-order chi connectivity index (χ1) is 15.3. The molecule has 2 heterocycles. The third-order valence-corrected chi connectivity index (χ3v) is 6.97. The van der Waals surface area contributed by atoms with Crippen molar-refractivity contribution < 1.29 is 9.32 Å². The van der Waals surface area contributed by atoms with Crippen molar-refractivity contribution in [2.75, 3.05) is 32.1 Å². The number of carbonyl (C=O) groups is 1. The zero-order chi connectivity index (χ0) is 23.0. The second-order valence-electron chi connectivity index (χ2n) is 7.72. The Kier molecular flexibility index (Phi) is 6.53. The van der Waals surface area contributed by atoms with Gasteiger partial charge in [0, 0.05) is 23.7 Å². The third-order valence-electron chi connectivity index (χ3n) is 5.19. The van der Waals surface area contributed by atoms with Crippen LogP contribution in [0.3, 0.4) is 0 Å². The lowest BCUT2D eigenvalue weighted by molar-refractivity contribution is 0.0984. The van der Waals surface area contributed by atoms with E-state index in [1.165, 1.54) is 11.3 Å². The lowest BCUT2D eigenvalue weighted by Gasteiger charge is -2.22. The molecule has 2 aromatic heterocycles. The average Bonchev–Trinajstić information content (AvgIpc) is 3.35. The number of anilines is 1. The Morgan fingerprint density at radius 1 is 1.06 bits per heavy atom. The fraction of sp³-hybridized carbons (Fsp3) is 0.261. The van der Waals surface area contributed by atoms with Gasteiger partial charge in [0.25, 0.3) is 5.91 Å². The molecule has 0 spiro atoms. The van der Waals surface area contributed by atoms with E-state index in [1.807, 2.05) is 56.3 Å². The largest absolute Gasteiger partial charge is 0.360 e. The first kappa shape index (κ1) is 22.7. The van der Waals surface area contributed by atoms with Gasteiger partial charge >= 0.3 is 0 Å². The van der Waals surface area contributed by atoms with Gasteiger partial charge in [-0.2, -0.15) is 0 Å². The number of halogens is 2. The molecule has 0 bridgehead atoms. The monoisotopic (exact) mass is 488 g/mol. The minimum atomic E-state index is -0.233. The van der Waals surface area contributed by atoms with Gasteiger partial charge in [-0.15, -0.1) is 0 Å². The van der Waals surface area contributed by atoms with Crippen molar-refractivity contribution in [3.05, 3.63) is 63.3 Å². The summed E-state index contributed by atoms with van der Waals surface area (Å²) in [5.41, 5.74) is 3.14. The summed E-state index contributed by atoms with van der Waals surface area (Å²) in [4.78, 5) is 22.4. The Hall–Kier alpha value is -2.45. The summed E-state index contributed by atoms with van der Waals surface area (Å²) < 4.78 is 6.40. The van der Waals surface area contributed by atoms with Crippen LogP contribution in [0.25, 0.3) is 21.5 Å². The highest BCUT2D eigenvalue weighted by molar-refractivity contribution is 7.22. The number of hydrogen-bond acceptors (Lipinski definition) is 6. The van der Waals surface area contributed by atoms with Crippen LogP contribution in [0.4, 0.5) is 5.13 Å². The zero-order valence-electron chi connectivity index (χ0n) is 18.1. The molecular formula is C23H22Cl2N4O2S. The molecule has 1 amide bonds. The number of hydrogen-bond donors (Lipinski definition) is 0. The molecule has 0 aliphatic carbocycles. The number of aromatic nitrogens is 2. The molecule has 0 aliphatic heterocycles. The first-order valence-corrected chi connectivity index (χ1v) is 11.6. The van der Waals surface area contributed by atoms with Crippen LogP contribution in [0.2, 0.25) is 10.0 Å². The number of likely N-dealkylation sites (N-methyl/N-ethyl adjacent to an activating group) is 1. The topological polar surface area (TPSA) is 62.5 Å². The van der Waals surface area contributed by atoms with Crippen molar-refractivity contribution in [3.8, 4) is 11.3 Å². The second kappa shape index (κ2) is 9.19. The molecule has 0 saturated heterocycles. The minimum Gasteiger partial charge on any atom is -0.360 e. The molecule has 9 heteroatoms. The molecule has 0 N–H and O–H groups in total. The highest BCUT2D eigenvalue weighted by Crippen LogP contribution is 2.36. The lowest BCUT2D eigenvalue weighted by atomic mass is 10.1. The van der Waals surface area contributed by atoms with Gasteiger partial charge in [0.15, 0.2) is 5.13 Å². The SMILES string of the molecule is Cc1onc(-c2ccccc2Cl)c1C(=O)N(CCN(C)C)c1nc2c(C)c(Cl)ccc2s1. The molecule has 0 fully saturated rings. The second-order valence-corrected chi connectivity index (χ2v) is 9.54. The maximum Gasteiger partial charge on any atom is 0.266 e. The molecule has 2 aromatic carbocycles. The Morgan fingerprint density at radius 3 is 2.53 bits per heavy atom. The van der Waals surface area contributed by atoms with Gasteiger partial charge in [-0.3, -0.25) is 9.69 Å². The van der Waals surface area contributed by atoms with E-state index in [0.29, 0.717) is 50.8 Å². The van der Waals surface area contributed by atoms with Crippen molar-refractivity contribution in [1.29, 1.82) is 0 Å². The van der Waals surface area contributed by atoms with Crippen LogP contribution in [0.5, 0.6) is 0 Å². The first-order valence-electron chi connectivity index (χ1n) is 10.0. The van der Waals surface area contributed by atoms with Crippen molar-refractivity contribution in [1.82, 2.24) is 15.0 Å². The summed E-state index contributed by atoms with van der Waals surface area (Å²) in [7, 11) is 3.93. The van der Waals surface area contributed by atoms with Crippen LogP contribution in [-0.4, -0.2) is 48.1 Å². The molecule has 166 valence electrons. The Labute approximate surface area is 200 Å². The Morgan fingerprint density at radius 2 is 1.81 bits per heavy atom. The Bertz CT molecular complexity index is 1300. The van der Waals surface area contributed by atoms with Gasteiger partial charge in [-0.05, 0) is 51.7 Å². The van der Waals surface area contributed by atoms with Crippen molar-refractivity contribution >= 4 is 55.8 Å². The van der Waals surface area contributed by atoms with E-state index < -0.39 is 0 Å². The predicted molar refractivity (Wildman–Crippen MR) is 131 cm³/mol. The van der Waals surface area contributed by atoms with E-state index in [2.05, 4.69) is 5.16 Å². The molecule has 0 unspecified atom stereocenters. The molecule has 0 atom stereocenters. The lowest BCUT2D eigenvalue weighted by Crippen LogP contribution is -2.37. The number of rotatable bonds is 6. The van der Waals surface area contributed by atoms with E-state index >= 15 is 0 Å². The number of fused-ring (bicyclic) bond motifs is 1. The van der Waals surface area contributed by atoms with Gasteiger partial charge in [-0.1, -0.05) is 57.9 Å². The van der Waals surface area contributed by atoms with E-state index in [-0.39, 0.29) is 5.91 Å². The highest BCUT2D eigenvalue weighted by atomic mass is 35.5. The summed E-state index contributed by atoms with van der Waals surface area (Å²) >= 11 is 14.1. The van der Waals surface area contributed by atoms with Crippen molar-refractivity contribution in [2.24, 2.45) is 0 Å². The summed E-state index contributed by atoms with van der Waals surface area (Å²) in [6.07, 6.45) is 0. The van der Waals surface area contributed by atoms with Crippen LogP contribution < -0.4 is 4.90 Å². The molecule has 4 aromatic rings. The van der Waals surface area contributed by atoms with Crippen molar-refractivity contribution in [2.45, 2.75) is 13.8 Å². The highest BCUT2D eigenvalue weighted by Gasteiger charge is 2.29. The summed E-state index contributed by atoms with van der Waals surface area (Å²) in [5, 5.41) is 5.91. The van der Waals surface area contributed by atoms with Crippen LogP contribution in [0, 0.1) is 13.8 Å². The molecular weight excluding hydrogens is 467 g/mol. The van der Waals surface area contributed by atoms with Gasteiger partial charge < -0.3 is 9.42 Å². The van der Waals surface area contributed by atoms with Crippen LogP contribution in [0.15, 0.2) is 40.9 Å². The van der Waals surface area contributed by atoms with Crippen molar-refractivity contribution in [3.63, 3.8) is 0 Å². The summed E-state index contributed by atoms with van der Waals surface area (Å²) in [6.45, 7) is 4.77. The predicted octanol–water partition coefficient (Wildman–Crippen LogP) is 6.08. The maximum absolute atomic E-state index is 13.9.